The molecule has 1 amide bonds. The number of phenols is 1. The van der Waals surface area contributed by atoms with Crippen LogP contribution in [0.4, 0.5) is 5.69 Å². The second-order valence-electron chi connectivity index (χ2n) is 10.8. The number of ether oxygens (including phenoxy) is 1. The van der Waals surface area contributed by atoms with Crippen molar-refractivity contribution >= 4 is 17.4 Å². The number of Topliss-reactive ketones (excluding diaryl/α,β-unsaturated/α-hetero) is 1. The van der Waals surface area contributed by atoms with E-state index in [-0.39, 0.29) is 17.4 Å². The molecule has 2 atom stereocenters. The maximum Gasteiger partial charge on any atom is 0.239 e. The van der Waals surface area contributed by atoms with Crippen LogP contribution < -0.4 is 10.1 Å². The van der Waals surface area contributed by atoms with Crippen molar-refractivity contribution in [3.05, 3.63) is 124 Å². The highest BCUT2D eigenvalue weighted by Crippen LogP contribution is 2.56. The lowest BCUT2D eigenvalue weighted by atomic mass is 9.66. The fourth-order valence-electron chi connectivity index (χ4n) is 6.30. The van der Waals surface area contributed by atoms with E-state index in [4.69, 9.17) is 4.74 Å². The lowest BCUT2D eigenvalue weighted by Crippen LogP contribution is -2.48. The van der Waals surface area contributed by atoms with Crippen LogP contribution in [-0.4, -0.2) is 22.4 Å². The number of hydrogen-bond donors (Lipinski definition) is 2. The number of aromatic hydroxyl groups is 1. The van der Waals surface area contributed by atoms with E-state index in [1.807, 2.05) is 98.8 Å². The first kappa shape index (κ1) is 24.0. The van der Waals surface area contributed by atoms with Crippen LogP contribution in [0.1, 0.15) is 71.3 Å². The van der Waals surface area contributed by atoms with E-state index >= 15 is 0 Å². The van der Waals surface area contributed by atoms with E-state index in [2.05, 4.69) is 5.32 Å². The van der Waals surface area contributed by atoms with Gasteiger partial charge in [-0.3, -0.25) is 9.59 Å². The van der Waals surface area contributed by atoms with Gasteiger partial charge in [0, 0.05) is 40.8 Å². The SMILES string of the molecule is CC(=O)c1ccccc1C(c1ccccc1)c1cc2c(cc1O)OC(C)(C)CC21C(=O)Nc2ccccc21. The van der Waals surface area contributed by atoms with Gasteiger partial charge >= 0.3 is 0 Å². The van der Waals surface area contributed by atoms with E-state index in [0.29, 0.717) is 28.9 Å². The summed E-state index contributed by atoms with van der Waals surface area (Å²) in [5, 5.41) is 14.6. The number of fused-ring (bicyclic) bond motifs is 4. The minimum Gasteiger partial charge on any atom is -0.507 e. The van der Waals surface area contributed by atoms with Gasteiger partial charge in [0.25, 0.3) is 0 Å². The topological polar surface area (TPSA) is 75.6 Å². The summed E-state index contributed by atoms with van der Waals surface area (Å²) in [6, 6.07) is 28.6. The Balaban J connectivity index is 1.65. The van der Waals surface area contributed by atoms with Gasteiger partial charge in [-0.2, -0.15) is 0 Å². The number of rotatable bonds is 4. The normalized spacial score (nSPS) is 19.7. The van der Waals surface area contributed by atoms with E-state index in [1.165, 1.54) is 0 Å². The molecule has 6 rings (SSSR count). The van der Waals surface area contributed by atoms with Crippen molar-refractivity contribution in [3.8, 4) is 11.5 Å². The molecule has 0 aliphatic carbocycles. The zero-order valence-corrected chi connectivity index (χ0v) is 21.6. The fourth-order valence-corrected chi connectivity index (χ4v) is 6.30. The molecule has 2 aliphatic rings. The highest BCUT2D eigenvalue weighted by molar-refractivity contribution is 6.09. The number of benzene rings is 4. The van der Waals surface area contributed by atoms with Crippen LogP contribution in [0, 0.1) is 0 Å². The molecule has 0 bridgehead atoms. The molecule has 1 spiro atoms. The summed E-state index contributed by atoms with van der Waals surface area (Å²) >= 11 is 0. The molecule has 2 unspecified atom stereocenters. The third kappa shape index (κ3) is 3.61. The van der Waals surface area contributed by atoms with Crippen molar-refractivity contribution in [3.63, 3.8) is 0 Å². The van der Waals surface area contributed by atoms with Crippen molar-refractivity contribution < 1.29 is 19.4 Å². The lowest BCUT2D eigenvalue weighted by molar-refractivity contribution is -0.122. The predicted molar refractivity (Wildman–Crippen MR) is 147 cm³/mol. The molecule has 0 saturated carbocycles. The van der Waals surface area contributed by atoms with Gasteiger partial charge in [0.2, 0.25) is 5.91 Å². The number of anilines is 1. The monoisotopic (exact) mass is 503 g/mol. The van der Waals surface area contributed by atoms with Gasteiger partial charge in [0.15, 0.2) is 5.78 Å². The van der Waals surface area contributed by atoms with Gasteiger partial charge in [-0.15, -0.1) is 0 Å². The van der Waals surface area contributed by atoms with Crippen molar-refractivity contribution in [2.24, 2.45) is 0 Å². The summed E-state index contributed by atoms with van der Waals surface area (Å²) in [6.07, 6.45) is 0.445. The molecule has 0 radical (unpaired) electrons. The minimum atomic E-state index is -0.975. The maximum atomic E-state index is 13.8. The maximum absolute atomic E-state index is 13.8. The van der Waals surface area contributed by atoms with Gasteiger partial charge in [0.1, 0.15) is 22.5 Å². The second kappa shape index (κ2) is 8.59. The number of carbonyl (C=O) groups is 2. The fraction of sp³-hybridized carbons (Fsp3) is 0.212. The number of amides is 1. The summed E-state index contributed by atoms with van der Waals surface area (Å²) < 4.78 is 6.36. The van der Waals surface area contributed by atoms with Crippen molar-refractivity contribution in [2.75, 3.05) is 5.32 Å². The van der Waals surface area contributed by atoms with Crippen molar-refractivity contribution in [1.29, 1.82) is 0 Å². The molecular formula is C33H29NO4. The predicted octanol–water partition coefficient (Wildman–Crippen LogP) is 6.57. The van der Waals surface area contributed by atoms with Crippen LogP contribution >= 0.6 is 0 Å². The Labute approximate surface area is 222 Å². The van der Waals surface area contributed by atoms with E-state index in [9.17, 15) is 14.7 Å². The van der Waals surface area contributed by atoms with E-state index < -0.39 is 16.9 Å². The molecule has 38 heavy (non-hydrogen) atoms. The standard InChI is InChI=1S/C33H29NO4/c1-20(35)22-13-7-8-14-23(22)30(21-11-5-4-6-12-21)24-17-26-29(18-28(24)36)38-32(2,3)19-33(26)25-15-9-10-16-27(25)34-31(33)37/h4-18,30,36H,19H2,1-3H3,(H,34,37). The largest absolute Gasteiger partial charge is 0.507 e. The molecule has 5 nitrogen and oxygen atoms in total. The molecule has 190 valence electrons. The van der Waals surface area contributed by atoms with Crippen LogP contribution in [0.2, 0.25) is 0 Å². The number of phenolic OH excluding ortho intramolecular Hbond substituents is 1. The Hall–Kier alpha value is -4.38. The Morgan fingerprint density at radius 3 is 2.34 bits per heavy atom. The van der Waals surface area contributed by atoms with Crippen LogP contribution in [0.15, 0.2) is 91.0 Å². The van der Waals surface area contributed by atoms with Crippen LogP contribution in [0.25, 0.3) is 0 Å². The summed E-state index contributed by atoms with van der Waals surface area (Å²) in [7, 11) is 0. The summed E-state index contributed by atoms with van der Waals surface area (Å²) in [5.74, 6) is -0.0530. The Morgan fingerprint density at radius 1 is 0.895 bits per heavy atom. The Morgan fingerprint density at radius 2 is 1.58 bits per heavy atom. The number of ketones is 1. The molecule has 0 fully saturated rings. The number of nitrogens with one attached hydrogen (secondary N) is 1. The first-order valence-corrected chi connectivity index (χ1v) is 12.8. The molecular weight excluding hydrogens is 474 g/mol. The summed E-state index contributed by atoms with van der Waals surface area (Å²) in [6.45, 7) is 5.48. The third-order valence-electron chi connectivity index (χ3n) is 7.78. The first-order valence-electron chi connectivity index (χ1n) is 12.8. The van der Waals surface area contributed by atoms with E-state index in [0.717, 1.165) is 22.4 Å². The molecule has 0 saturated heterocycles. The third-order valence-corrected chi connectivity index (χ3v) is 7.78. The van der Waals surface area contributed by atoms with Gasteiger partial charge in [-0.05, 0) is 49.6 Å². The van der Waals surface area contributed by atoms with Gasteiger partial charge < -0.3 is 15.2 Å². The average molecular weight is 504 g/mol. The lowest BCUT2D eigenvalue weighted by Gasteiger charge is -2.43. The van der Waals surface area contributed by atoms with Crippen molar-refractivity contribution in [1.82, 2.24) is 0 Å². The zero-order valence-electron chi connectivity index (χ0n) is 21.6. The molecule has 2 N–H and O–H groups in total. The number of para-hydroxylation sites is 1. The van der Waals surface area contributed by atoms with Gasteiger partial charge in [0.05, 0.1) is 0 Å². The van der Waals surface area contributed by atoms with Crippen molar-refractivity contribution in [2.45, 2.75) is 44.1 Å². The van der Waals surface area contributed by atoms with Gasteiger partial charge in [-0.25, -0.2) is 0 Å². The van der Waals surface area contributed by atoms with E-state index in [1.54, 1.807) is 13.0 Å². The second-order valence-corrected chi connectivity index (χ2v) is 10.8. The van der Waals surface area contributed by atoms with Gasteiger partial charge in [-0.1, -0.05) is 72.8 Å². The quantitative estimate of drug-likeness (QED) is 0.244. The Bertz CT molecular complexity index is 1590. The zero-order chi connectivity index (χ0) is 26.7. The molecule has 4 aromatic rings. The minimum absolute atomic E-state index is 0.0513. The molecule has 2 heterocycles. The first-order chi connectivity index (χ1) is 18.2. The molecule has 0 aromatic heterocycles. The average Bonchev–Trinajstić information content (AvgIpc) is 3.16. The summed E-state index contributed by atoms with van der Waals surface area (Å²) in [5.41, 5.74) is 3.72. The van der Waals surface area contributed by atoms with Crippen LogP contribution in [0.3, 0.4) is 0 Å². The number of hydrogen-bond acceptors (Lipinski definition) is 4. The Kier molecular flexibility index (Phi) is 5.42. The highest BCUT2D eigenvalue weighted by atomic mass is 16.5. The molecule has 5 heteroatoms. The number of carbonyl (C=O) groups excluding carboxylic acids is 2. The van der Waals surface area contributed by atoms with Crippen LogP contribution in [0.5, 0.6) is 11.5 Å². The molecule has 2 aliphatic heterocycles. The molecule has 4 aromatic carbocycles. The highest BCUT2D eigenvalue weighted by Gasteiger charge is 2.56. The smallest absolute Gasteiger partial charge is 0.239 e. The van der Waals surface area contributed by atoms with Crippen LogP contribution in [-0.2, 0) is 10.2 Å². The summed E-state index contributed by atoms with van der Waals surface area (Å²) in [4.78, 5) is 26.5.